The second-order valence-corrected chi connectivity index (χ2v) is 12.9. The molecular formula is C38H35ClFN3O4. The number of carbonyl (C=O) groups excluding carboxylic acids is 1. The second-order valence-electron chi connectivity index (χ2n) is 12.4. The van der Waals surface area contributed by atoms with E-state index >= 15 is 4.39 Å². The standard InChI is InChI=1S/C38H35ClFN3O4/c39-28-12-8-24(9-13-28)31-15-10-25(37(44)42-18-4-5-19-42)20-27(31)23-47-30-14-16-32(33(40)22-30)36-41-34-21-26(38(45)46)11-17-35(34)43(36)29-6-2-1-3-7-29/h8-17,20-22,29H,1-7,18-19,23H2,(H,45,46). The number of benzene rings is 4. The van der Waals surface area contributed by atoms with Crippen LogP contribution >= 0.6 is 11.6 Å². The van der Waals surface area contributed by atoms with Crippen LogP contribution in [0.25, 0.3) is 33.5 Å². The van der Waals surface area contributed by atoms with Crippen LogP contribution in [0.15, 0.2) is 78.9 Å². The van der Waals surface area contributed by atoms with E-state index < -0.39 is 11.8 Å². The summed E-state index contributed by atoms with van der Waals surface area (Å²) in [5.41, 5.74) is 5.04. The summed E-state index contributed by atoms with van der Waals surface area (Å²) >= 11 is 6.15. The maximum atomic E-state index is 16.0. The number of ether oxygens (including phenoxy) is 1. The van der Waals surface area contributed by atoms with Crippen molar-refractivity contribution in [2.24, 2.45) is 0 Å². The molecule has 1 N–H and O–H groups in total. The summed E-state index contributed by atoms with van der Waals surface area (Å²) in [6.45, 7) is 1.63. The van der Waals surface area contributed by atoms with Crippen molar-refractivity contribution in [3.63, 3.8) is 0 Å². The molecule has 0 radical (unpaired) electrons. The molecule has 1 saturated carbocycles. The van der Waals surface area contributed by atoms with Crippen LogP contribution in [0.5, 0.6) is 5.75 Å². The number of hydrogen-bond donors (Lipinski definition) is 1. The summed E-state index contributed by atoms with van der Waals surface area (Å²) in [5, 5.41) is 10.2. The Morgan fingerprint density at radius 1 is 0.851 bits per heavy atom. The monoisotopic (exact) mass is 651 g/mol. The number of aromatic nitrogens is 2. The zero-order valence-electron chi connectivity index (χ0n) is 25.9. The first-order chi connectivity index (χ1) is 22.9. The van der Waals surface area contributed by atoms with Gasteiger partial charge in [0.25, 0.3) is 5.91 Å². The molecule has 4 aromatic carbocycles. The van der Waals surface area contributed by atoms with E-state index in [4.69, 9.17) is 21.3 Å². The van der Waals surface area contributed by atoms with Crippen molar-refractivity contribution in [1.29, 1.82) is 0 Å². The van der Waals surface area contributed by atoms with Gasteiger partial charge in [-0.2, -0.15) is 0 Å². The lowest BCUT2D eigenvalue weighted by Crippen LogP contribution is -2.27. The Balaban J connectivity index is 1.20. The third-order valence-electron chi connectivity index (χ3n) is 9.35. The predicted molar refractivity (Wildman–Crippen MR) is 181 cm³/mol. The molecule has 1 aliphatic heterocycles. The van der Waals surface area contributed by atoms with Gasteiger partial charge in [0.15, 0.2) is 0 Å². The van der Waals surface area contributed by atoms with Crippen molar-refractivity contribution in [2.75, 3.05) is 13.1 Å². The van der Waals surface area contributed by atoms with E-state index in [1.54, 1.807) is 30.3 Å². The molecule has 0 spiro atoms. The molecule has 7 rings (SSSR count). The molecule has 5 aromatic rings. The number of fused-ring (bicyclic) bond motifs is 1. The van der Waals surface area contributed by atoms with Crippen LogP contribution in [0, 0.1) is 5.82 Å². The first-order valence-corrected chi connectivity index (χ1v) is 16.6. The van der Waals surface area contributed by atoms with Crippen LogP contribution in [-0.4, -0.2) is 44.5 Å². The smallest absolute Gasteiger partial charge is 0.335 e. The van der Waals surface area contributed by atoms with Gasteiger partial charge in [-0.15, -0.1) is 0 Å². The van der Waals surface area contributed by atoms with Crippen molar-refractivity contribution in [1.82, 2.24) is 14.5 Å². The number of halogens is 2. The maximum absolute atomic E-state index is 16.0. The first kappa shape index (κ1) is 30.9. The summed E-state index contributed by atoms with van der Waals surface area (Å²) in [5.74, 6) is -0.685. The third kappa shape index (κ3) is 6.34. The van der Waals surface area contributed by atoms with Gasteiger partial charge in [-0.1, -0.05) is 49.1 Å². The van der Waals surface area contributed by atoms with E-state index in [1.165, 1.54) is 6.07 Å². The van der Waals surface area contributed by atoms with E-state index in [0.717, 1.165) is 80.2 Å². The number of rotatable bonds is 8. The maximum Gasteiger partial charge on any atom is 0.335 e. The Bertz CT molecular complexity index is 1960. The zero-order valence-corrected chi connectivity index (χ0v) is 26.7. The normalized spacial score (nSPS) is 15.3. The highest BCUT2D eigenvalue weighted by Crippen LogP contribution is 2.38. The molecule has 1 amide bonds. The molecule has 0 unspecified atom stereocenters. The van der Waals surface area contributed by atoms with Gasteiger partial charge in [0, 0.05) is 35.8 Å². The first-order valence-electron chi connectivity index (χ1n) is 16.2. The summed E-state index contributed by atoms with van der Waals surface area (Å²) in [6, 6.07) is 23.0. The number of aromatic carboxylic acids is 1. The Hall–Kier alpha value is -4.69. The molecule has 1 aromatic heterocycles. The molecule has 0 atom stereocenters. The number of carbonyl (C=O) groups is 2. The van der Waals surface area contributed by atoms with Gasteiger partial charge in [-0.3, -0.25) is 4.79 Å². The highest BCUT2D eigenvalue weighted by molar-refractivity contribution is 6.30. The summed E-state index contributed by atoms with van der Waals surface area (Å²) in [7, 11) is 0. The number of likely N-dealkylation sites (tertiary alicyclic amines) is 1. The number of carboxylic acids is 1. The number of nitrogens with zero attached hydrogens (tertiary/aromatic N) is 3. The van der Waals surface area contributed by atoms with E-state index in [0.29, 0.717) is 33.2 Å². The molecule has 47 heavy (non-hydrogen) atoms. The Labute approximate surface area is 277 Å². The Morgan fingerprint density at radius 3 is 2.30 bits per heavy atom. The fraction of sp³-hybridized carbons (Fsp3) is 0.289. The molecule has 240 valence electrons. The lowest BCUT2D eigenvalue weighted by molar-refractivity contribution is 0.0696. The largest absolute Gasteiger partial charge is 0.489 e. The van der Waals surface area contributed by atoms with Crippen molar-refractivity contribution in [2.45, 2.75) is 57.6 Å². The van der Waals surface area contributed by atoms with Crippen LogP contribution in [0.2, 0.25) is 5.02 Å². The molecule has 1 saturated heterocycles. The third-order valence-corrected chi connectivity index (χ3v) is 9.60. The summed E-state index contributed by atoms with van der Waals surface area (Å²) < 4.78 is 24.2. The molecule has 7 nitrogen and oxygen atoms in total. The molecule has 2 aliphatic rings. The highest BCUT2D eigenvalue weighted by atomic mass is 35.5. The molecule has 2 fully saturated rings. The SMILES string of the molecule is O=C(O)c1ccc2c(c1)nc(-c1ccc(OCc3cc(C(=O)N4CCCC4)ccc3-c3ccc(Cl)cc3)cc1F)n2C1CCCCC1. The molecule has 0 bridgehead atoms. The zero-order chi connectivity index (χ0) is 32.5. The predicted octanol–water partition coefficient (Wildman–Crippen LogP) is 9.18. The van der Waals surface area contributed by atoms with E-state index in [9.17, 15) is 14.7 Å². The van der Waals surface area contributed by atoms with Crippen LogP contribution in [0.3, 0.4) is 0 Å². The fourth-order valence-electron chi connectivity index (χ4n) is 6.92. The minimum atomic E-state index is -1.03. The average Bonchev–Trinajstić information content (AvgIpc) is 3.76. The van der Waals surface area contributed by atoms with Crippen LogP contribution in [0.1, 0.15) is 77.3 Å². The minimum Gasteiger partial charge on any atom is -0.489 e. The quantitative estimate of drug-likeness (QED) is 0.181. The van der Waals surface area contributed by atoms with Crippen LogP contribution < -0.4 is 4.74 Å². The van der Waals surface area contributed by atoms with Gasteiger partial charge in [-0.25, -0.2) is 14.2 Å². The van der Waals surface area contributed by atoms with Gasteiger partial charge >= 0.3 is 5.97 Å². The summed E-state index contributed by atoms with van der Waals surface area (Å²) in [6.07, 6.45) is 7.24. The average molecular weight is 652 g/mol. The Morgan fingerprint density at radius 2 is 1.57 bits per heavy atom. The topological polar surface area (TPSA) is 84.7 Å². The van der Waals surface area contributed by atoms with E-state index in [2.05, 4.69) is 4.57 Å². The number of imidazole rings is 1. The lowest BCUT2D eigenvalue weighted by Gasteiger charge is -2.25. The van der Waals surface area contributed by atoms with Crippen molar-refractivity contribution >= 4 is 34.5 Å². The van der Waals surface area contributed by atoms with Gasteiger partial charge in [0.2, 0.25) is 0 Å². The van der Waals surface area contributed by atoms with Crippen LogP contribution in [-0.2, 0) is 6.61 Å². The van der Waals surface area contributed by atoms with Gasteiger partial charge < -0.3 is 19.3 Å². The molecule has 2 heterocycles. The second kappa shape index (κ2) is 13.2. The number of amides is 1. The van der Waals surface area contributed by atoms with E-state index in [-0.39, 0.29) is 24.1 Å². The van der Waals surface area contributed by atoms with E-state index in [1.807, 2.05) is 47.4 Å². The van der Waals surface area contributed by atoms with Crippen molar-refractivity contribution < 1.29 is 23.8 Å². The van der Waals surface area contributed by atoms with Gasteiger partial charge in [0.1, 0.15) is 24.0 Å². The highest BCUT2D eigenvalue weighted by Gasteiger charge is 2.25. The number of carboxylic acid groups (broad SMARTS) is 1. The van der Waals surface area contributed by atoms with Gasteiger partial charge in [0.05, 0.1) is 22.2 Å². The Kier molecular flexibility index (Phi) is 8.69. The lowest BCUT2D eigenvalue weighted by atomic mass is 9.94. The molecule has 9 heteroatoms. The summed E-state index contributed by atoms with van der Waals surface area (Å²) in [4.78, 5) is 31.5. The minimum absolute atomic E-state index is 0.00173. The number of hydrogen-bond acceptors (Lipinski definition) is 4. The molecule has 1 aliphatic carbocycles. The fourth-order valence-corrected chi connectivity index (χ4v) is 7.04. The van der Waals surface area contributed by atoms with Crippen molar-refractivity contribution in [3.05, 3.63) is 106 Å². The van der Waals surface area contributed by atoms with Gasteiger partial charge in [-0.05, 0) is 97.0 Å². The van der Waals surface area contributed by atoms with Crippen molar-refractivity contribution in [3.8, 4) is 28.3 Å². The van der Waals surface area contributed by atoms with Crippen LogP contribution in [0.4, 0.5) is 4.39 Å². The molecular weight excluding hydrogens is 617 g/mol.